The highest BCUT2D eigenvalue weighted by Crippen LogP contribution is 2.30. The predicted molar refractivity (Wildman–Crippen MR) is 77.8 cm³/mol. The van der Waals surface area contributed by atoms with Crippen LogP contribution < -0.4 is 4.90 Å². The minimum atomic E-state index is 1.02. The van der Waals surface area contributed by atoms with Gasteiger partial charge in [0.1, 0.15) is 0 Å². The van der Waals surface area contributed by atoms with Gasteiger partial charge in [0.15, 0.2) is 0 Å². The predicted octanol–water partition coefficient (Wildman–Crippen LogP) is 4.21. The summed E-state index contributed by atoms with van der Waals surface area (Å²) in [6.45, 7) is 12.5. The number of nitrogens with zero attached hydrogens (tertiary/aromatic N) is 2. The Bertz CT molecular complexity index is 352. The van der Waals surface area contributed by atoms with Crippen molar-refractivity contribution in [1.82, 2.24) is 0 Å². The summed E-state index contributed by atoms with van der Waals surface area (Å²) in [4.78, 5) is 6.58. The maximum absolute atomic E-state index is 4.17. The summed E-state index contributed by atoms with van der Waals surface area (Å²) in [5.74, 6) is 0. The molecule has 0 aliphatic heterocycles. The van der Waals surface area contributed by atoms with Crippen LogP contribution in [0.3, 0.4) is 0 Å². The van der Waals surface area contributed by atoms with Crippen LogP contribution in [0.1, 0.15) is 39.2 Å². The van der Waals surface area contributed by atoms with E-state index in [2.05, 4.69) is 55.6 Å². The zero-order valence-corrected chi connectivity index (χ0v) is 11.4. The van der Waals surface area contributed by atoms with Crippen molar-refractivity contribution in [2.75, 3.05) is 18.0 Å². The van der Waals surface area contributed by atoms with Crippen LogP contribution in [0.4, 0.5) is 11.4 Å². The van der Waals surface area contributed by atoms with Gasteiger partial charge < -0.3 is 4.90 Å². The van der Waals surface area contributed by atoms with Crippen LogP contribution in [0.25, 0.3) is 0 Å². The van der Waals surface area contributed by atoms with Gasteiger partial charge >= 0.3 is 0 Å². The first kappa shape index (κ1) is 13.8. The van der Waals surface area contributed by atoms with E-state index in [-0.39, 0.29) is 0 Å². The van der Waals surface area contributed by atoms with Gasteiger partial charge in [-0.3, -0.25) is 4.99 Å². The maximum Gasteiger partial charge on any atom is 0.0858 e. The standard InChI is InChI=1S/C15H24N2/c1-5-10-17(11-6-2)15-9-8-13(7-3)12-14(15)16-4/h8-9,12H,4-7,10-11H2,1-3H3. The molecule has 1 aromatic rings. The van der Waals surface area contributed by atoms with Gasteiger partial charge in [0.05, 0.1) is 11.4 Å². The van der Waals surface area contributed by atoms with Gasteiger partial charge in [0.2, 0.25) is 0 Å². The zero-order chi connectivity index (χ0) is 12.7. The number of hydrogen-bond acceptors (Lipinski definition) is 2. The lowest BCUT2D eigenvalue weighted by molar-refractivity contribution is 0.745. The normalized spacial score (nSPS) is 10.3. The average Bonchev–Trinajstić information content (AvgIpc) is 2.37. The third kappa shape index (κ3) is 3.58. The molecule has 0 amide bonds. The maximum atomic E-state index is 4.17. The Morgan fingerprint density at radius 1 is 1.12 bits per heavy atom. The molecule has 0 aromatic heterocycles. The Labute approximate surface area is 105 Å². The van der Waals surface area contributed by atoms with Crippen molar-refractivity contribution in [2.45, 2.75) is 40.0 Å². The summed E-state index contributed by atoms with van der Waals surface area (Å²) in [5, 5.41) is 0. The first-order valence-corrected chi connectivity index (χ1v) is 6.61. The van der Waals surface area contributed by atoms with Gasteiger partial charge in [-0.2, -0.15) is 0 Å². The third-order valence-electron chi connectivity index (χ3n) is 2.95. The van der Waals surface area contributed by atoms with E-state index in [1.807, 2.05) is 0 Å². The minimum Gasteiger partial charge on any atom is -0.370 e. The van der Waals surface area contributed by atoms with Gasteiger partial charge in [-0.25, -0.2) is 0 Å². The minimum absolute atomic E-state index is 1.02. The van der Waals surface area contributed by atoms with E-state index in [1.165, 1.54) is 11.3 Å². The van der Waals surface area contributed by atoms with Crippen molar-refractivity contribution in [2.24, 2.45) is 4.99 Å². The molecule has 1 aromatic carbocycles. The molecule has 2 nitrogen and oxygen atoms in total. The fraction of sp³-hybridized carbons (Fsp3) is 0.533. The zero-order valence-electron chi connectivity index (χ0n) is 11.4. The summed E-state index contributed by atoms with van der Waals surface area (Å²) in [6, 6.07) is 6.54. The summed E-state index contributed by atoms with van der Waals surface area (Å²) >= 11 is 0. The molecule has 0 radical (unpaired) electrons. The summed E-state index contributed by atoms with van der Waals surface area (Å²) in [6.07, 6.45) is 3.36. The molecular weight excluding hydrogens is 208 g/mol. The lowest BCUT2D eigenvalue weighted by Gasteiger charge is -2.25. The Morgan fingerprint density at radius 3 is 2.24 bits per heavy atom. The fourth-order valence-corrected chi connectivity index (χ4v) is 2.08. The molecule has 0 N–H and O–H groups in total. The number of benzene rings is 1. The largest absolute Gasteiger partial charge is 0.370 e. The van der Waals surface area contributed by atoms with Gasteiger partial charge in [0.25, 0.3) is 0 Å². The topological polar surface area (TPSA) is 15.6 Å². The van der Waals surface area contributed by atoms with Crippen molar-refractivity contribution >= 4 is 18.1 Å². The molecule has 0 saturated carbocycles. The van der Waals surface area contributed by atoms with E-state index in [0.717, 1.165) is 38.0 Å². The number of rotatable bonds is 7. The fourth-order valence-electron chi connectivity index (χ4n) is 2.08. The molecule has 0 fully saturated rings. The summed E-state index contributed by atoms with van der Waals surface area (Å²) < 4.78 is 0. The average molecular weight is 232 g/mol. The molecule has 17 heavy (non-hydrogen) atoms. The van der Waals surface area contributed by atoms with Crippen LogP contribution in [0.5, 0.6) is 0 Å². The summed E-state index contributed by atoms with van der Waals surface area (Å²) in [5.41, 5.74) is 3.57. The Morgan fingerprint density at radius 2 is 1.76 bits per heavy atom. The van der Waals surface area contributed by atoms with Crippen LogP contribution >= 0.6 is 0 Å². The molecule has 0 atom stereocenters. The van der Waals surface area contributed by atoms with Crippen LogP contribution in [0, 0.1) is 0 Å². The highest BCUT2D eigenvalue weighted by molar-refractivity contribution is 5.70. The number of aliphatic imine (C=N–C) groups is 1. The highest BCUT2D eigenvalue weighted by Gasteiger charge is 2.09. The molecule has 94 valence electrons. The lowest BCUT2D eigenvalue weighted by Crippen LogP contribution is -2.24. The molecule has 0 heterocycles. The smallest absolute Gasteiger partial charge is 0.0858 e. The van der Waals surface area contributed by atoms with Gasteiger partial charge in [0, 0.05) is 13.1 Å². The molecule has 0 saturated heterocycles. The van der Waals surface area contributed by atoms with E-state index < -0.39 is 0 Å². The van der Waals surface area contributed by atoms with Crippen molar-refractivity contribution < 1.29 is 0 Å². The first-order chi connectivity index (χ1) is 8.26. The molecule has 0 bridgehead atoms. The van der Waals surface area contributed by atoms with E-state index >= 15 is 0 Å². The van der Waals surface area contributed by atoms with Gasteiger partial charge in [-0.15, -0.1) is 0 Å². The molecule has 0 spiro atoms. The monoisotopic (exact) mass is 232 g/mol. The highest BCUT2D eigenvalue weighted by atomic mass is 15.1. The SMILES string of the molecule is C=Nc1cc(CC)ccc1N(CCC)CCC. The Kier molecular flexibility index (Phi) is 5.75. The summed E-state index contributed by atoms with van der Waals surface area (Å²) in [7, 11) is 0. The van der Waals surface area contributed by atoms with E-state index in [9.17, 15) is 0 Å². The second kappa shape index (κ2) is 7.10. The van der Waals surface area contributed by atoms with Crippen LogP contribution in [-0.2, 0) is 6.42 Å². The van der Waals surface area contributed by atoms with Crippen molar-refractivity contribution in [3.05, 3.63) is 23.8 Å². The molecule has 0 aliphatic carbocycles. The molecule has 0 unspecified atom stereocenters. The molecule has 0 aliphatic rings. The quantitative estimate of drug-likeness (QED) is 0.643. The van der Waals surface area contributed by atoms with Crippen molar-refractivity contribution in [3.8, 4) is 0 Å². The first-order valence-electron chi connectivity index (χ1n) is 6.61. The second-order valence-corrected chi connectivity index (χ2v) is 4.32. The molecule has 2 heteroatoms. The van der Waals surface area contributed by atoms with Crippen LogP contribution in [0.15, 0.2) is 23.2 Å². The van der Waals surface area contributed by atoms with Gasteiger partial charge in [-0.05, 0) is 43.7 Å². The van der Waals surface area contributed by atoms with Crippen LogP contribution in [0.2, 0.25) is 0 Å². The van der Waals surface area contributed by atoms with Crippen molar-refractivity contribution in [1.29, 1.82) is 0 Å². The number of aryl methyl sites for hydroxylation is 1. The van der Waals surface area contributed by atoms with Crippen LogP contribution in [-0.4, -0.2) is 19.8 Å². The molecule has 1 rings (SSSR count). The third-order valence-corrected chi connectivity index (χ3v) is 2.95. The number of hydrogen-bond donors (Lipinski definition) is 0. The van der Waals surface area contributed by atoms with Gasteiger partial charge in [-0.1, -0.05) is 26.8 Å². The van der Waals surface area contributed by atoms with E-state index in [4.69, 9.17) is 0 Å². The Balaban J connectivity index is 3.04. The lowest BCUT2D eigenvalue weighted by atomic mass is 10.1. The van der Waals surface area contributed by atoms with E-state index in [1.54, 1.807) is 0 Å². The Hall–Kier alpha value is -1.31. The second-order valence-electron chi connectivity index (χ2n) is 4.32. The van der Waals surface area contributed by atoms with E-state index in [0.29, 0.717) is 0 Å². The molecular formula is C15H24N2. The van der Waals surface area contributed by atoms with Crippen molar-refractivity contribution in [3.63, 3.8) is 0 Å². The number of anilines is 1.